The predicted molar refractivity (Wildman–Crippen MR) is 66.9 cm³/mol. The van der Waals surface area contributed by atoms with Crippen LogP contribution >= 0.6 is 0 Å². The number of amides is 1. The lowest BCUT2D eigenvalue weighted by Crippen LogP contribution is -2.31. The van der Waals surface area contributed by atoms with Gasteiger partial charge in [-0.15, -0.1) is 0 Å². The average Bonchev–Trinajstić information content (AvgIpc) is 2.92. The molecule has 0 aliphatic carbocycles. The van der Waals surface area contributed by atoms with Gasteiger partial charge in [-0.05, 0) is 30.5 Å². The van der Waals surface area contributed by atoms with Crippen molar-refractivity contribution in [2.75, 3.05) is 19.7 Å². The van der Waals surface area contributed by atoms with Crippen molar-refractivity contribution in [1.82, 2.24) is 4.90 Å². The second-order valence-corrected chi connectivity index (χ2v) is 4.78. The Bertz CT molecular complexity index is 468. The van der Waals surface area contributed by atoms with E-state index in [1.165, 1.54) is 6.07 Å². The molecule has 0 aromatic heterocycles. The third-order valence-corrected chi connectivity index (χ3v) is 3.21. The summed E-state index contributed by atoms with van der Waals surface area (Å²) in [7, 11) is 0. The van der Waals surface area contributed by atoms with Gasteiger partial charge in [0.05, 0.1) is 12.2 Å². The maximum absolute atomic E-state index is 12.5. The van der Waals surface area contributed by atoms with E-state index in [1.54, 1.807) is 11.0 Å². The van der Waals surface area contributed by atoms with Gasteiger partial charge in [-0.3, -0.25) is 4.79 Å². The maximum Gasteiger partial charge on any atom is 0.416 e. The van der Waals surface area contributed by atoms with E-state index in [0.717, 1.165) is 38.1 Å². The highest BCUT2D eigenvalue weighted by molar-refractivity contribution is 5.77. The van der Waals surface area contributed by atoms with Crippen molar-refractivity contribution in [2.24, 2.45) is 0 Å². The van der Waals surface area contributed by atoms with Crippen LogP contribution in [0.2, 0.25) is 0 Å². The fourth-order valence-corrected chi connectivity index (χ4v) is 2.15. The van der Waals surface area contributed by atoms with Crippen molar-refractivity contribution < 1.29 is 22.7 Å². The van der Waals surface area contributed by atoms with Crippen molar-refractivity contribution in [2.45, 2.75) is 25.6 Å². The molecule has 0 spiro atoms. The summed E-state index contributed by atoms with van der Waals surface area (Å²) < 4.78 is 42.8. The summed E-state index contributed by atoms with van der Waals surface area (Å²) in [5, 5.41) is 0. The number of ether oxygens (including phenoxy) is 1. The largest absolute Gasteiger partial charge is 0.416 e. The molecule has 0 atom stereocenters. The molecular weight excluding hydrogens is 271 g/mol. The Kier molecular flexibility index (Phi) is 4.65. The highest BCUT2D eigenvalue weighted by atomic mass is 19.4. The summed E-state index contributed by atoms with van der Waals surface area (Å²) in [6, 6.07) is 4.94. The van der Waals surface area contributed by atoms with Crippen LogP contribution in [-0.2, 0) is 22.3 Å². The second-order valence-electron chi connectivity index (χ2n) is 4.78. The standard InChI is InChI=1S/C14H16F3NO2/c15-14(16,17)12-5-3-4-11(8-12)9-20-10-13(19)18-6-1-2-7-18/h3-5,8H,1-2,6-7,9-10H2. The van der Waals surface area contributed by atoms with Crippen LogP contribution in [0, 0.1) is 0 Å². The molecule has 20 heavy (non-hydrogen) atoms. The van der Waals surface area contributed by atoms with Crippen LogP contribution in [0.4, 0.5) is 13.2 Å². The number of nitrogens with zero attached hydrogens (tertiary/aromatic N) is 1. The van der Waals surface area contributed by atoms with Crippen LogP contribution in [0.3, 0.4) is 0 Å². The second kappa shape index (κ2) is 6.26. The molecule has 0 bridgehead atoms. The van der Waals surface area contributed by atoms with Crippen LogP contribution in [0.1, 0.15) is 24.0 Å². The summed E-state index contributed by atoms with van der Waals surface area (Å²) in [4.78, 5) is 13.4. The number of carbonyl (C=O) groups excluding carboxylic acids is 1. The van der Waals surface area contributed by atoms with Gasteiger partial charge in [0.15, 0.2) is 0 Å². The van der Waals surface area contributed by atoms with Crippen LogP contribution in [-0.4, -0.2) is 30.5 Å². The lowest BCUT2D eigenvalue weighted by molar-refractivity contribution is -0.138. The molecule has 6 heteroatoms. The predicted octanol–water partition coefficient (Wildman–Crippen LogP) is 2.84. The third kappa shape index (κ3) is 3.96. The SMILES string of the molecule is O=C(COCc1cccc(C(F)(F)F)c1)N1CCCC1. The van der Waals surface area contributed by atoms with Crippen LogP contribution in [0.25, 0.3) is 0 Å². The van der Waals surface area contributed by atoms with Gasteiger partial charge in [0.2, 0.25) is 5.91 Å². The van der Waals surface area contributed by atoms with Crippen molar-refractivity contribution >= 4 is 5.91 Å². The number of hydrogen-bond acceptors (Lipinski definition) is 2. The molecule has 1 aromatic carbocycles. The Hall–Kier alpha value is -1.56. The highest BCUT2D eigenvalue weighted by Crippen LogP contribution is 2.29. The van der Waals surface area contributed by atoms with E-state index >= 15 is 0 Å². The van der Waals surface area contributed by atoms with Gasteiger partial charge in [0.25, 0.3) is 0 Å². The van der Waals surface area contributed by atoms with Crippen molar-refractivity contribution in [3.8, 4) is 0 Å². The summed E-state index contributed by atoms with van der Waals surface area (Å²) in [5.74, 6) is -0.102. The minimum absolute atomic E-state index is 0.00347. The summed E-state index contributed by atoms with van der Waals surface area (Å²) >= 11 is 0. The zero-order valence-corrected chi connectivity index (χ0v) is 10.9. The maximum atomic E-state index is 12.5. The Morgan fingerprint density at radius 2 is 1.95 bits per heavy atom. The lowest BCUT2D eigenvalue weighted by Gasteiger charge is -2.15. The van der Waals surface area contributed by atoms with E-state index in [0.29, 0.717) is 5.56 Å². The van der Waals surface area contributed by atoms with Gasteiger partial charge < -0.3 is 9.64 Å². The van der Waals surface area contributed by atoms with E-state index in [1.807, 2.05) is 0 Å². The Labute approximate surface area is 115 Å². The topological polar surface area (TPSA) is 29.5 Å². The molecule has 1 saturated heterocycles. The average molecular weight is 287 g/mol. The summed E-state index contributed by atoms with van der Waals surface area (Å²) in [6.07, 6.45) is -2.36. The molecular formula is C14H16F3NO2. The molecule has 0 radical (unpaired) electrons. The summed E-state index contributed by atoms with van der Waals surface area (Å²) in [5.41, 5.74) is -0.293. The molecule has 3 nitrogen and oxygen atoms in total. The smallest absolute Gasteiger partial charge is 0.367 e. The first-order valence-corrected chi connectivity index (χ1v) is 6.48. The molecule has 0 saturated carbocycles. The molecule has 1 fully saturated rings. The molecule has 0 unspecified atom stereocenters. The molecule has 0 N–H and O–H groups in total. The van der Waals surface area contributed by atoms with Crippen molar-refractivity contribution in [1.29, 1.82) is 0 Å². The number of halogens is 3. The minimum Gasteiger partial charge on any atom is -0.367 e. The quantitative estimate of drug-likeness (QED) is 0.852. The van der Waals surface area contributed by atoms with Crippen molar-refractivity contribution in [3.05, 3.63) is 35.4 Å². The van der Waals surface area contributed by atoms with E-state index in [9.17, 15) is 18.0 Å². The first-order chi connectivity index (χ1) is 9.47. The van der Waals surface area contributed by atoms with Gasteiger partial charge in [-0.2, -0.15) is 13.2 Å². The van der Waals surface area contributed by atoms with Crippen LogP contribution < -0.4 is 0 Å². The zero-order chi connectivity index (χ0) is 14.6. The fourth-order valence-electron chi connectivity index (χ4n) is 2.15. The number of alkyl halides is 3. The first-order valence-electron chi connectivity index (χ1n) is 6.48. The number of carbonyl (C=O) groups is 1. The Morgan fingerprint density at radius 1 is 1.25 bits per heavy atom. The van der Waals surface area contributed by atoms with E-state index in [2.05, 4.69) is 0 Å². The normalized spacial score (nSPS) is 15.7. The number of benzene rings is 1. The van der Waals surface area contributed by atoms with Gasteiger partial charge in [-0.25, -0.2) is 0 Å². The number of likely N-dealkylation sites (tertiary alicyclic amines) is 1. The first kappa shape index (κ1) is 14.8. The van der Waals surface area contributed by atoms with Crippen LogP contribution in [0.5, 0.6) is 0 Å². The van der Waals surface area contributed by atoms with Crippen LogP contribution in [0.15, 0.2) is 24.3 Å². The lowest BCUT2D eigenvalue weighted by atomic mass is 10.1. The molecule has 1 amide bonds. The van der Waals surface area contributed by atoms with Gasteiger partial charge in [0.1, 0.15) is 6.61 Å². The molecule has 1 aliphatic heterocycles. The van der Waals surface area contributed by atoms with Gasteiger partial charge in [0, 0.05) is 13.1 Å². The van der Waals surface area contributed by atoms with Crippen molar-refractivity contribution in [3.63, 3.8) is 0 Å². The van der Waals surface area contributed by atoms with Gasteiger partial charge >= 0.3 is 6.18 Å². The molecule has 1 heterocycles. The molecule has 1 aliphatic rings. The Balaban J connectivity index is 1.83. The number of rotatable bonds is 4. The zero-order valence-electron chi connectivity index (χ0n) is 10.9. The third-order valence-electron chi connectivity index (χ3n) is 3.21. The fraction of sp³-hybridized carbons (Fsp3) is 0.500. The highest BCUT2D eigenvalue weighted by Gasteiger charge is 2.30. The molecule has 1 aromatic rings. The molecule has 110 valence electrons. The van der Waals surface area contributed by atoms with Gasteiger partial charge in [-0.1, -0.05) is 12.1 Å². The number of hydrogen-bond donors (Lipinski definition) is 0. The Morgan fingerprint density at radius 3 is 2.60 bits per heavy atom. The summed E-state index contributed by atoms with van der Waals surface area (Å²) in [6.45, 7) is 1.40. The van der Waals surface area contributed by atoms with E-state index in [4.69, 9.17) is 4.74 Å². The van der Waals surface area contributed by atoms with E-state index < -0.39 is 11.7 Å². The monoisotopic (exact) mass is 287 g/mol. The van der Waals surface area contributed by atoms with E-state index in [-0.39, 0.29) is 19.1 Å². The minimum atomic E-state index is -4.36. The molecule has 2 rings (SSSR count).